The zero-order valence-electron chi connectivity index (χ0n) is 18.9. The van der Waals surface area contributed by atoms with Crippen LogP contribution in [0.4, 0.5) is 4.39 Å². The molecule has 36 heavy (non-hydrogen) atoms. The van der Waals surface area contributed by atoms with Gasteiger partial charge in [-0.25, -0.2) is 4.39 Å². The van der Waals surface area contributed by atoms with Gasteiger partial charge in [0, 0.05) is 30.0 Å². The van der Waals surface area contributed by atoms with E-state index in [2.05, 4.69) is 0 Å². The Kier molecular flexibility index (Phi) is 5.27. The normalized spacial score (nSPS) is 25.4. The number of benzene rings is 2. The largest absolute Gasteiger partial charge is 0.508 e. The molecule has 1 saturated carbocycles. The van der Waals surface area contributed by atoms with Crippen molar-refractivity contribution in [3.05, 3.63) is 69.7 Å². The van der Waals surface area contributed by atoms with Gasteiger partial charge in [0.15, 0.2) is 11.4 Å². The van der Waals surface area contributed by atoms with Crippen LogP contribution in [0.3, 0.4) is 0 Å². The van der Waals surface area contributed by atoms with E-state index in [0.29, 0.717) is 16.7 Å². The van der Waals surface area contributed by atoms with E-state index in [4.69, 9.17) is 11.5 Å². The van der Waals surface area contributed by atoms with Crippen molar-refractivity contribution in [3.63, 3.8) is 0 Å². The van der Waals surface area contributed by atoms with Gasteiger partial charge >= 0.3 is 0 Å². The van der Waals surface area contributed by atoms with Crippen LogP contribution in [-0.4, -0.2) is 43.5 Å². The predicted octanol–water partition coefficient (Wildman–Crippen LogP) is 1.69. The van der Waals surface area contributed by atoms with Gasteiger partial charge in [0.25, 0.3) is 5.91 Å². The molecule has 10 heteroatoms. The SMILES string of the molecule is NCc1cc(-c2ccc(F)cc2)c2c(c1O)C(O)=C1C(=O)[C@]3(O)C(O)=C(C(N)=O)C(=O)C[C@@H]3C[C@@H]1C2. The van der Waals surface area contributed by atoms with Crippen molar-refractivity contribution in [1.82, 2.24) is 0 Å². The quantitative estimate of drug-likeness (QED) is 0.348. The number of primary amides is 1. The first kappa shape index (κ1) is 23.7. The number of halogens is 1. The van der Waals surface area contributed by atoms with E-state index in [9.17, 15) is 39.2 Å². The molecule has 1 amide bonds. The number of carbonyl (C=O) groups is 3. The van der Waals surface area contributed by atoms with Crippen LogP contribution in [0, 0.1) is 17.7 Å². The summed E-state index contributed by atoms with van der Waals surface area (Å²) in [4.78, 5) is 37.8. The van der Waals surface area contributed by atoms with Crippen molar-refractivity contribution in [2.45, 2.75) is 31.4 Å². The molecular formula is C26H23FN2O7. The number of aliphatic hydroxyl groups excluding tert-OH is 2. The third kappa shape index (κ3) is 3.11. The lowest BCUT2D eigenvalue weighted by atomic mass is 9.59. The average molecular weight is 494 g/mol. The molecule has 8 N–H and O–H groups in total. The number of fused-ring (bicyclic) bond motifs is 3. The number of hydrogen-bond acceptors (Lipinski definition) is 8. The van der Waals surface area contributed by atoms with Gasteiger partial charge < -0.3 is 31.9 Å². The molecule has 0 heterocycles. The zero-order valence-corrected chi connectivity index (χ0v) is 18.9. The summed E-state index contributed by atoms with van der Waals surface area (Å²) in [6.45, 7) is -0.104. The fraction of sp³-hybridized carbons (Fsp3) is 0.269. The van der Waals surface area contributed by atoms with Gasteiger partial charge in [-0.1, -0.05) is 12.1 Å². The first-order valence-corrected chi connectivity index (χ1v) is 11.3. The standard InChI is InChI=1S/C26H23FN2O7/c27-14-3-1-10(2-4-14)15-7-12(9-28)21(31)19-16(15)6-11-5-13-8-17(30)20(25(29)35)24(34)26(13,36)23(33)18(11)22(19)32/h1-4,7,11,13,31-32,34,36H,5-6,8-9,28H2,(H2,29,35)/t11-,13+,26+/m1/s1. The molecule has 3 aliphatic carbocycles. The molecule has 0 aromatic heterocycles. The first-order chi connectivity index (χ1) is 17.0. The second-order valence-corrected chi connectivity index (χ2v) is 9.40. The van der Waals surface area contributed by atoms with Gasteiger partial charge in [-0.3, -0.25) is 14.4 Å². The third-order valence-electron chi connectivity index (χ3n) is 7.52. The number of rotatable bonds is 3. The Labute approximate surface area is 204 Å². The minimum absolute atomic E-state index is 0.0190. The van der Waals surface area contributed by atoms with Crippen molar-refractivity contribution >= 4 is 23.2 Å². The number of phenols is 1. The molecule has 2 aromatic rings. The Bertz CT molecular complexity index is 1430. The highest BCUT2D eigenvalue weighted by Crippen LogP contribution is 2.53. The van der Waals surface area contributed by atoms with E-state index in [-0.39, 0.29) is 41.8 Å². The highest BCUT2D eigenvalue weighted by molar-refractivity contribution is 6.22. The predicted molar refractivity (Wildman–Crippen MR) is 125 cm³/mol. The number of ketones is 2. The number of aliphatic hydroxyl groups is 3. The molecule has 2 aromatic carbocycles. The summed E-state index contributed by atoms with van der Waals surface area (Å²) in [6, 6.07) is 7.25. The van der Waals surface area contributed by atoms with Crippen molar-refractivity contribution < 1.29 is 39.2 Å². The van der Waals surface area contributed by atoms with Crippen LogP contribution in [0.15, 0.2) is 47.2 Å². The van der Waals surface area contributed by atoms with Crippen LogP contribution in [0.25, 0.3) is 16.9 Å². The topological polar surface area (TPSA) is 184 Å². The second kappa shape index (κ2) is 8.00. The molecule has 0 aliphatic heterocycles. The van der Waals surface area contributed by atoms with Gasteiger partial charge in [-0.05, 0) is 53.6 Å². The highest BCUT2D eigenvalue weighted by Gasteiger charge is 2.60. The van der Waals surface area contributed by atoms with Gasteiger partial charge in [0.1, 0.15) is 28.7 Å². The summed E-state index contributed by atoms with van der Waals surface area (Å²) in [5.41, 5.74) is 9.16. The van der Waals surface area contributed by atoms with Gasteiger partial charge in [0.05, 0.1) is 5.56 Å². The number of hydrogen-bond donors (Lipinski definition) is 6. The maximum atomic E-state index is 13.6. The highest BCUT2D eigenvalue weighted by atomic mass is 19.1. The van der Waals surface area contributed by atoms with Gasteiger partial charge in [0.2, 0.25) is 5.78 Å². The minimum Gasteiger partial charge on any atom is -0.508 e. The molecule has 9 nitrogen and oxygen atoms in total. The van der Waals surface area contributed by atoms with E-state index in [1.54, 1.807) is 6.07 Å². The lowest BCUT2D eigenvalue weighted by Gasteiger charge is -2.46. The molecule has 0 radical (unpaired) electrons. The molecule has 3 atom stereocenters. The fourth-order valence-corrected chi connectivity index (χ4v) is 5.79. The zero-order chi connectivity index (χ0) is 26.1. The Morgan fingerprint density at radius 3 is 2.39 bits per heavy atom. The maximum absolute atomic E-state index is 13.6. The molecule has 3 aliphatic rings. The summed E-state index contributed by atoms with van der Waals surface area (Å²) in [7, 11) is 0. The monoisotopic (exact) mass is 494 g/mol. The summed E-state index contributed by atoms with van der Waals surface area (Å²) in [6.07, 6.45) is -0.241. The molecule has 0 bridgehead atoms. The lowest BCUT2D eigenvalue weighted by Crippen LogP contribution is -2.58. The van der Waals surface area contributed by atoms with Crippen molar-refractivity contribution in [1.29, 1.82) is 0 Å². The van der Waals surface area contributed by atoms with Gasteiger partial charge in [-0.2, -0.15) is 0 Å². The molecule has 0 unspecified atom stereocenters. The van der Waals surface area contributed by atoms with Crippen LogP contribution in [0.5, 0.6) is 5.75 Å². The minimum atomic E-state index is -2.63. The molecule has 186 valence electrons. The van der Waals surface area contributed by atoms with E-state index < -0.39 is 64.2 Å². The number of amides is 1. The fourth-order valence-electron chi connectivity index (χ4n) is 5.79. The number of Topliss-reactive ketones (excluding diaryl/α,β-unsaturated/α-hetero) is 2. The van der Waals surface area contributed by atoms with Crippen LogP contribution in [0.2, 0.25) is 0 Å². The van der Waals surface area contributed by atoms with Gasteiger partial charge in [-0.15, -0.1) is 0 Å². The number of nitrogens with two attached hydrogens (primary N) is 2. The van der Waals surface area contributed by atoms with Crippen LogP contribution < -0.4 is 11.5 Å². The van der Waals surface area contributed by atoms with Crippen molar-refractivity contribution in [2.24, 2.45) is 23.3 Å². The Morgan fingerprint density at radius 1 is 1.11 bits per heavy atom. The van der Waals surface area contributed by atoms with E-state index in [1.807, 2.05) is 0 Å². The third-order valence-corrected chi connectivity index (χ3v) is 7.52. The smallest absolute Gasteiger partial charge is 0.255 e. The van der Waals surface area contributed by atoms with E-state index >= 15 is 0 Å². The Morgan fingerprint density at radius 2 is 1.78 bits per heavy atom. The molecular weight excluding hydrogens is 471 g/mol. The van der Waals surface area contributed by atoms with Crippen LogP contribution >= 0.6 is 0 Å². The lowest BCUT2D eigenvalue weighted by molar-refractivity contribution is -0.147. The molecule has 0 saturated heterocycles. The summed E-state index contributed by atoms with van der Waals surface area (Å²) < 4.78 is 13.6. The van der Waals surface area contributed by atoms with Crippen molar-refractivity contribution in [2.75, 3.05) is 0 Å². The number of aromatic hydroxyl groups is 1. The Hall–Kier alpha value is -4.02. The number of carbonyl (C=O) groups excluding carboxylic acids is 3. The van der Waals surface area contributed by atoms with E-state index in [1.165, 1.54) is 24.3 Å². The molecule has 5 rings (SSSR count). The second-order valence-electron chi connectivity index (χ2n) is 9.40. The number of phenolic OH excluding ortho intramolecular Hbond substituents is 1. The summed E-state index contributed by atoms with van der Waals surface area (Å²) >= 11 is 0. The molecule has 1 fully saturated rings. The first-order valence-electron chi connectivity index (χ1n) is 11.3. The molecule has 0 spiro atoms. The van der Waals surface area contributed by atoms with E-state index in [0.717, 1.165) is 0 Å². The summed E-state index contributed by atoms with van der Waals surface area (Å²) in [5.74, 6) is -7.39. The summed E-state index contributed by atoms with van der Waals surface area (Å²) in [5, 5.41) is 44.2. The van der Waals surface area contributed by atoms with Crippen LogP contribution in [0.1, 0.15) is 29.5 Å². The Balaban J connectivity index is 1.75. The maximum Gasteiger partial charge on any atom is 0.255 e. The van der Waals surface area contributed by atoms with Crippen molar-refractivity contribution in [3.8, 4) is 16.9 Å². The van der Waals surface area contributed by atoms with Crippen LogP contribution in [-0.2, 0) is 27.3 Å². The average Bonchev–Trinajstić information content (AvgIpc) is 2.82.